The van der Waals surface area contributed by atoms with Crippen molar-refractivity contribution >= 4 is 17.6 Å². The first-order valence-electron chi connectivity index (χ1n) is 6.75. The summed E-state index contributed by atoms with van der Waals surface area (Å²) in [6.45, 7) is 5.28. The lowest BCUT2D eigenvalue weighted by Crippen LogP contribution is -2.27. The minimum atomic E-state index is -0.625. The Morgan fingerprint density at radius 3 is 2.59 bits per heavy atom. The summed E-state index contributed by atoms with van der Waals surface area (Å²) in [6.07, 6.45) is -0.621. The highest BCUT2D eigenvalue weighted by molar-refractivity contribution is 5.91. The van der Waals surface area contributed by atoms with E-state index in [4.69, 9.17) is 10.5 Å². The van der Waals surface area contributed by atoms with Crippen LogP contribution in [0, 0.1) is 5.82 Å². The van der Waals surface area contributed by atoms with Gasteiger partial charge in [-0.05, 0) is 39.0 Å². The molecular formula is C15H19FN4O2. The number of carbonyl (C=O) groups is 1. The minimum Gasteiger partial charge on any atom is -0.444 e. The van der Waals surface area contributed by atoms with Crippen LogP contribution in [0.5, 0.6) is 0 Å². The van der Waals surface area contributed by atoms with Gasteiger partial charge in [-0.1, -0.05) is 0 Å². The Kier molecular flexibility index (Phi) is 4.07. The van der Waals surface area contributed by atoms with Crippen LogP contribution in [-0.2, 0) is 11.8 Å². The van der Waals surface area contributed by atoms with Crippen LogP contribution in [0.25, 0.3) is 11.3 Å². The fraction of sp³-hybridized carbons (Fsp3) is 0.333. The quantitative estimate of drug-likeness (QED) is 0.893. The third-order valence-electron chi connectivity index (χ3n) is 2.81. The molecule has 1 aromatic carbocycles. The van der Waals surface area contributed by atoms with Crippen molar-refractivity contribution in [3.63, 3.8) is 0 Å². The summed E-state index contributed by atoms with van der Waals surface area (Å²) in [7, 11) is 1.68. The number of hydrogen-bond acceptors (Lipinski definition) is 4. The normalized spacial score (nSPS) is 11.3. The van der Waals surface area contributed by atoms with Crippen molar-refractivity contribution < 1.29 is 13.9 Å². The van der Waals surface area contributed by atoms with Crippen molar-refractivity contribution in [2.45, 2.75) is 26.4 Å². The molecule has 1 aromatic heterocycles. The molecule has 118 valence electrons. The number of rotatable bonds is 2. The van der Waals surface area contributed by atoms with E-state index in [0.717, 1.165) is 0 Å². The maximum atomic E-state index is 13.5. The Balaban J connectivity index is 2.34. The van der Waals surface area contributed by atoms with Crippen molar-refractivity contribution in [2.24, 2.45) is 7.05 Å². The second-order valence-electron chi connectivity index (χ2n) is 5.89. The highest BCUT2D eigenvalue weighted by Gasteiger charge is 2.18. The molecule has 0 spiro atoms. The molecule has 6 nitrogen and oxygen atoms in total. The van der Waals surface area contributed by atoms with E-state index >= 15 is 0 Å². The number of aryl methyl sites for hydroxylation is 1. The van der Waals surface area contributed by atoms with E-state index in [1.807, 2.05) is 0 Å². The molecule has 0 fully saturated rings. The maximum absolute atomic E-state index is 13.5. The molecule has 0 bridgehead atoms. The number of nitrogens with two attached hydrogens (primary N) is 1. The molecule has 7 heteroatoms. The molecule has 0 saturated heterocycles. The molecule has 0 saturated carbocycles. The second-order valence-corrected chi connectivity index (χ2v) is 5.89. The number of nitrogen functional groups attached to an aromatic ring is 1. The maximum Gasteiger partial charge on any atom is 0.412 e. The molecule has 0 unspecified atom stereocenters. The molecule has 22 heavy (non-hydrogen) atoms. The van der Waals surface area contributed by atoms with Gasteiger partial charge in [0, 0.05) is 18.7 Å². The summed E-state index contributed by atoms with van der Waals surface area (Å²) in [4.78, 5) is 11.9. The number of anilines is 2. The number of ether oxygens (including phenoxy) is 1. The van der Waals surface area contributed by atoms with Gasteiger partial charge in [0.25, 0.3) is 0 Å². The van der Waals surface area contributed by atoms with Crippen LogP contribution < -0.4 is 11.1 Å². The van der Waals surface area contributed by atoms with Gasteiger partial charge in [0.2, 0.25) is 0 Å². The Hall–Kier alpha value is -2.57. The Morgan fingerprint density at radius 2 is 2.05 bits per heavy atom. The molecular weight excluding hydrogens is 287 g/mol. The topological polar surface area (TPSA) is 82.2 Å². The summed E-state index contributed by atoms with van der Waals surface area (Å²) in [5.41, 5.74) is 6.41. The summed E-state index contributed by atoms with van der Waals surface area (Å²) >= 11 is 0. The third-order valence-corrected chi connectivity index (χ3v) is 2.81. The molecule has 0 radical (unpaired) electrons. The van der Waals surface area contributed by atoms with Gasteiger partial charge in [-0.25, -0.2) is 9.18 Å². The number of aromatic nitrogens is 2. The van der Waals surface area contributed by atoms with E-state index in [9.17, 15) is 9.18 Å². The number of hydrogen-bond donors (Lipinski definition) is 2. The standard InChI is InChI=1S/C15H19FN4O2/c1-15(2,3)22-14(21)18-11-6-5-9(16)7-10(11)12-8-13(17)20(4)19-12/h5-8H,17H2,1-4H3,(H,18,21). The highest BCUT2D eigenvalue weighted by atomic mass is 19.1. The second kappa shape index (κ2) is 5.67. The number of nitrogens with zero attached hydrogens (tertiary/aromatic N) is 2. The Morgan fingerprint density at radius 1 is 1.36 bits per heavy atom. The van der Waals surface area contributed by atoms with Crippen molar-refractivity contribution in [3.05, 3.63) is 30.1 Å². The lowest BCUT2D eigenvalue weighted by molar-refractivity contribution is 0.0636. The zero-order valence-corrected chi connectivity index (χ0v) is 13.0. The number of amides is 1. The smallest absolute Gasteiger partial charge is 0.412 e. The summed E-state index contributed by atoms with van der Waals surface area (Å²) in [6, 6.07) is 5.60. The SMILES string of the molecule is Cn1nc(-c2cc(F)ccc2NC(=O)OC(C)(C)C)cc1N. The average Bonchev–Trinajstić information content (AvgIpc) is 2.69. The van der Waals surface area contributed by atoms with Crippen molar-refractivity contribution in [3.8, 4) is 11.3 Å². The van der Waals surface area contributed by atoms with E-state index in [-0.39, 0.29) is 0 Å². The van der Waals surface area contributed by atoms with Gasteiger partial charge in [0.05, 0.1) is 11.4 Å². The first kappa shape index (κ1) is 15.8. The molecule has 0 atom stereocenters. The first-order valence-corrected chi connectivity index (χ1v) is 6.75. The molecule has 2 rings (SSSR count). The van der Waals surface area contributed by atoms with Gasteiger partial charge in [0.1, 0.15) is 17.2 Å². The van der Waals surface area contributed by atoms with E-state index in [2.05, 4.69) is 10.4 Å². The van der Waals surface area contributed by atoms with Gasteiger partial charge in [-0.3, -0.25) is 10.00 Å². The average molecular weight is 306 g/mol. The van der Waals surface area contributed by atoms with Crippen LogP contribution in [0.4, 0.5) is 20.7 Å². The van der Waals surface area contributed by atoms with Crippen molar-refractivity contribution in [2.75, 3.05) is 11.1 Å². The molecule has 0 aliphatic rings. The van der Waals surface area contributed by atoms with E-state index in [1.54, 1.807) is 33.9 Å². The fourth-order valence-electron chi connectivity index (χ4n) is 1.86. The predicted molar refractivity (Wildman–Crippen MR) is 82.9 cm³/mol. The fourth-order valence-corrected chi connectivity index (χ4v) is 1.86. The third kappa shape index (κ3) is 3.75. The van der Waals surface area contributed by atoms with Crippen LogP contribution in [0.2, 0.25) is 0 Å². The molecule has 1 amide bonds. The van der Waals surface area contributed by atoms with Gasteiger partial charge in [-0.15, -0.1) is 0 Å². The van der Waals surface area contributed by atoms with Crippen molar-refractivity contribution in [1.29, 1.82) is 0 Å². The Bertz CT molecular complexity index is 685. The van der Waals surface area contributed by atoms with Crippen molar-refractivity contribution in [1.82, 2.24) is 9.78 Å². The zero-order valence-electron chi connectivity index (χ0n) is 13.0. The summed E-state index contributed by atoms with van der Waals surface area (Å²) in [5, 5.41) is 6.80. The molecule has 1 heterocycles. The molecule has 0 aliphatic heterocycles. The predicted octanol–water partition coefficient (Wildman–Crippen LogP) is 3.16. The number of carbonyl (C=O) groups excluding carboxylic acids is 1. The van der Waals surface area contributed by atoms with Crippen LogP contribution >= 0.6 is 0 Å². The van der Waals surface area contributed by atoms with Gasteiger partial charge in [-0.2, -0.15) is 5.10 Å². The zero-order chi connectivity index (χ0) is 16.5. The van der Waals surface area contributed by atoms with Crippen LogP contribution in [0.15, 0.2) is 24.3 Å². The molecule has 2 aromatic rings. The lowest BCUT2D eigenvalue weighted by Gasteiger charge is -2.20. The van der Waals surface area contributed by atoms with Gasteiger partial charge >= 0.3 is 6.09 Å². The lowest BCUT2D eigenvalue weighted by atomic mass is 10.1. The number of benzene rings is 1. The first-order chi connectivity index (χ1) is 10.2. The summed E-state index contributed by atoms with van der Waals surface area (Å²) in [5.74, 6) is -0.00329. The number of halogens is 1. The van der Waals surface area contributed by atoms with E-state index in [1.165, 1.54) is 22.9 Å². The monoisotopic (exact) mass is 306 g/mol. The van der Waals surface area contributed by atoms with Gasteiger partial charge in [0.15, 0.2) is 0 Å². The highest BCUT2D eigenvalue weighted by Crippen LogP contribution is 2.29. The van der Waals surface area contributed by atoms with Crippen LogP contribution in [0.1, 0.15) is 20.8 Å². The Labute approximate surface area is 128 Å². The van der Waals surface area contributed by atoms with Gasteiger partial charge < -0.3 is 10.5 Å². The van der Waals surface area contributed by atoms with E-state index < -0.39 is 17.5 Å². The van der Waals surface area contributed by atoms with Crippen LogP contribution in [0.3, 0.4) is 0 Å². The largest absolute Gasteiger partial charge is 0.444 e. The van der Waals surface area contributed by atoms with E-state index in [0.29, 0.717) is 22.8 Å². The summed E-state index contributed by atoms with van der Waals surface area (Å²) < 4.78 is 20.2. The molecule has 0 aliphatic carbocycles. The minimum absolute atomic E-state index is 0.397. The van der Waals surface area contributed by atoms with Crippen LogP contribution in [-0.4, -0.2) is 21.5 Å². The number of nitrogens with one attached hydrogen (secondary N) is 1. The molecule has 3 N–H and O–H groups in total.